The average molecular weight is 571 g/mol. The first-order valence-electron chi connectivity index (χ1n) is 11.9. The highest BCUT2D eigenvalue weighted by atomic mass is 32.2. The number of amides is 1. The van der Waals surface area contributed by atoms with Crippen molar-refractivity contribution in [3.63, 3.8) is 0 Å². The Balaban J connectivity index is 1.59. The molecule has 1 aliphatic carbocycles. The minimum Gasteiger partial charge on any atom is -0.481 e. The van der Waals surface area contributed by atoms with E-state index in [0.717, 1.165) is 6.92 Å². The molecule has 206 valence electrons. The summed E-state index contributed by atoms with van der Waals surface area (Å²) >= 11 is 0.368. The van der Waals surface area contributed by atoms with Crippen molar-refractivity contribution in [2.75, 3.05) is 18.5 Å². The third-order valence-corrected chi connectivity index (χ3v) is 9.56. The van der Waals surface area contributed by atoms with Crippen molar-refractivity contribution in [2.24, 2.45) is 0 Å². The number of anilines is 1. The average Bonchev–Trinajstić information content (AvgIpc) is 3.66. The van der Waals surface area contributed by atoms with Gasteiger partial charge in [0, 0.05) is 13.2 Å². The second-order valence-corrected chi connectivity index (χ2v) is 12.7. The monoisotopic (exact) mass is 570 g/mol. The topological polar surface area (TPSA) is 169 Å². The molecule has 1 saturated heterocycles. The molecule has 2 aromatic rings. The lowest BCUT2D eigenvalue weighted by Crippen LogP contribution is -2.36. The molecule has 11 nitrogen and oxygen atoms in total. The SMILES string of the molecule is CC(CC(=O)O)(C(=O)O)c1nc(NC(=O)C(OC2CCOCC2)c2ccc(S(=O)(=O)C3CC3)cc2)sc1F. The van der Waals surface area contributed by atoms with Gasteiger partial charge in [-0.15, -0.1) is 0 Å². The Hall–Kier alpha value is -2.94. The molecule has 2 atom stereocenters. The molecule has 0 radical (unpaired) electrons. The van der Waals surface area contributed by atoms with Crippen molar-refractivity contribution in [1.29, 1.82) is 0 Å². The number of carbonyl (C=O) groups excluding carboxylic acids is 1. The summed E-state index contributed by atoms with van der Waals surface area (Å²) in [4.78, 5) is 40.3. The van der Waals surface area contributed by atoms with E-state index >= 15 is 0 Å². The molecule has 2 unspecified atom stereocenters. The number of hydrogen-bond acceptors (Lipinski definition) is 9. The number of benzene rings is 1. The number of halogens is 1. The third-order valence-electron chi connectivity index (χ3n) is 6.52. The van der Waals surface area contributed by atoms with Crippen LogP contribution in [0, 0.1) is 5.13 Å². The van der Waals surface area contributed by atoms with Crippen LogP contribution >= 0.6 is 11.3 Å². The fourth-order valence-electron chi connectivity index (χ4n) is 4.13. The van der Waals surface area contributed by atoms with Gasteiger partial charge in [-0.3, -0.25) is 19.7 Å². The summed E-state index contributed by atoms with van der Waals surface area (Å²) in [6.07, 6.45) is -0.175. The van der Waals surface area contributed by atoms with Gasteiger partial charge in [-0.1, -0.05) is 23.5 Å². The number of nitrogens with one attached hydrogen (secondary N) is 1. The van der Waals surface area contributed by atoms with Crippen molar-refractivity contribution in [3.05, 3.63) is 40.7 Å². The van der Waals surface area contributed by atoms with Crippen LogP contribution in [-0.4, -0.2) is 66.0 Å². The zero-order valence-electron chi connectivity index (χ0n) is 20.4. The van der Waals surface area contributed by atoms with Crippen LogP contribution in [0.3, 0.4) is 0 Å². The standard InChI is InChI=1S/C24H27FN2O9S2/c1-24(22(31)32,12-17(28)29)19-20(25)37-23(26-19)27-21(30)18(36-14-8-10-35-11-9-14)13-2-4-15(5-3-13)38(33,34)16-6-7-16/h2-5,14,16,18H,6-12H2,1H3,(H,28,29)(H,31,32)(H,26,27,30). The summed E-state index contributed by atoms with van der Waals surface area (Å²) in [7, 11) is -3.43. The number of aromatic nitrogens is 1. The van der Waals surface area contributed by atoms with Gasteiger partial charge in [0.15, 0.2) is 21.1 Å². The summed E-state index contributed by atoms with van der Waals surface area (Å²) in [6.45, 7) is 1.92. The van der Waals surface area contributed by atoms with E-state index in [1.807, 2.05) is 0 Å². The van der Waals surface area contributed by atoms with E-state index in [2.05, 4.69) is 10.3 Å². The van der Waals surface area contributed by atoms with E-state index in [0.29, 0.717) is 55.8 Å². The maximum Gasteiger partial charge on any atom is 0.316 e. The predicted octanol–water partition coefficient (Wildman–Crippen LogP) is 2.91. The lowest BCUT2D eigenvalue weighted by Gasteiger charge is -2.27. The normalized spacial score (nSPS) is 18.9. The van der Waals surface area contributed by atoms with Gasteiger partial charge in [0.1, 0.15) is 11.1 Å². The summed E-state index contributed by atoms with van der Waals surface area (Å²) in [5, 5.41) is 19.4. The Kier molecular flexibility index (Phi) is 8.16. The Morgan fingerprint density at radius 2 is 1.82 bits per heavy atom. The smallest absolute Gasteiger partial charge is 0.316 e. The number of hydrogen-bond donors (Lipinski definition) is 3. The maximum atomic E-state index is 14.7. The fourth-order valence-corrected chi connectivity index (χ4v) is 6.61. The molecule has 2 heterocycles. The Labute approximate surface area is 221 Å². The Morgan fingerprint density at radius 3 is 2.37 bits per heavy atom. The highest BCUT2D eigenvalue weighted by Gasteiger charge is 2.43. The van der Waals surface area contributed by atoms with Crippen molar-refractivity contribution in [1.82, 2.24) is 4.98 Å². The molecule has 2 aliphatic rings. The van der Waals surface area contributed by atoms with Gasteiger partial charge in [0.2, 0.25) is 5.13 Å². The van der Waals surface area contributed by atoms with Crippen LogP contribution in [0.4, 0.5) is 9.52 Å². The second kappa shape index (κ2) is 11.0. The molecular formula is C24H27FN2O9S2. The highest BCUT2D eigenvalue weighted by molar-refractivity contribution is 7.92. The number of carboxylic acid groups (broad SMARTS) is 2. The van der Waals surface area contributed by atoms with Crippen LogP contribution in [0.2, 0.25) is 0 Å². The van der Waals surface area contributed by atoms with Gasteiger partial charge in [-0.05, 0) is 50.3 Å². The zero-order chi connectivity index (χ0) is 27.7. The van der Waals surface area contributed by atoms with Gasteiger partial charge in [-0.2, -0.15) is 4.39 Å². The first kappa shape index (κ1) is 28.1. The molecule has 38 heavy (non-hydrogen) atoms. The number of sulfone groups is 1. The number of carboxylic acids is 2. The number of rotatable bonds is 11. The van der Waals surface area contributed by atoms with E-state index in [1.165, 1.54) is 24.3 Å². The molecule has 0 bridgehead atoms. The Morgan fingerprint density at radius 1 is 1.18 bits per heavy atom. The lowest BCUT2D eigenvalue weighted by atomic mass is 9.84. The molecule has 0 spiro atoms. The van der Waals surface area contributed by atoms with Gasteiger partial charge >= 0.3 is 11.9 Å². The van der Waals surface area contributed by atoms with Crippen LogP contribution in [0.15, 0.2) is 29.2 Å². The summed E-state index contributed by atoms with van der Waals surface area (Å²) in [6, 6.07) is 5.81. The van der Waals surface area contributed by atoms with E-state index in [4.69, 9.17) is 14.6 Å². The number of nitrogens with zero attached hydrogens (tertiary/aromatic N) is 1. The number of ether oxygens (including phenoxy) is 2. The number of aliphatic carboxylic acids is 2. The van der Waals surface area contributed by atoms with Gasteiger partial charge < -0.3 is 19.7 Å². The Bertz CT molecular complexity index is 1320. The first-order valence-corrected chi connectivity index (χ1v) is 14.3. The molecule has 1 amide bonds. The highest BCUT2D eigenvalue weighted by Crippen LogP contribution is 2.36. The predicted molar refractivity (Wildman–Crippen MR) is 132 cm³/mol. The third kappa shape index (κ3) is 6.03. The molecule has 1 aliphatic heterocycles. The lowest BCUT2D eigenvalue weighted by molar-refractivity contribution is -0.150. The molecule has 4 rings (SSSR count). The van der Waals surface area contributed by atoms with Gasteiger partial charge in [0.25, 0.3) is 5.91 Å². The van der Waals surface area contributed by atoms with Gasteiger partial charge in [-0.25, -0.2) is 13.4 Å². The molecule has 2 fully saturated rings. The summed E-state index contributed by atoms with van der Waals surface area (Å²) in [5.74, 6) is -3.77. The van der Waals surface area contributed by atoms with Gasteiger partial charge in [0.05, 0.1) is 22.7 Å². The van der Waals surface area contributed by atoms with Crippen LogP contribution in [0.1, 0.15) is 56.4 Å². The van der Waals surface area contributed by atoms with E-state index in [9.17, 15) is 32.3 Å². The minimum atomic E-state index is -3.43. The minimum absolute atomic E-state index is 0.145. The van der Waals surface area contributed by atoms with Crippen molar-refractivity contribution < 1.29 is 46.9 Å². The maximum absolute atomic E-state index is 14.7. The fraction of sp³-hybridized carbons (Fsp3) is 0.500. The first-order chi connectivity index (χ1) is 17.9. The number of thiazole rings is 1. The number of carbonyl (C=O) groups is 3. The van der Waals surface area contributed by atoms with Crippen LogP contribution in [-0.2, 0) is 39.1 Å². The largest absolute Gasteiger partial charge is 0.481 e. The molecule has 3 N–H and O–H groups in total. The van der Waals surface area contributed by atoms with Crippen LogP contribution in [0.5, 0.6) is 0 Å². The summed E-state index contributed by atoms with van der Waals surface area (Å²) < 4.78 is 51.2. The molecule has 14 heteroatoms. The molecular weight excluding hydrogens is 543 g/mol. The van der Waals surface area contributed by atoms with Crippen molar-refractivity contribution in [2.45, 2.75) is 66.8 Å². The van der Waals surface area contributed by atoms with Crippen molar-refractivity contribution >= 4 is 44.2 Å². The van der Waals surface area contributed by atoms with E-state index in [-0.39, 0.29) is 16.1 Å². The molecule has 1 aromatic carbocycles. The quantitative estimate of drug-likeness (QED) is 0.365. The molecule has 1 saturated carbocycles. The van der Waals surface area contributed by atoms with Crippen molar-refractivity contribution in [3.8, 4) is 0 Å². The van der Waals surface area contributed by atoms with E-state index in [1.54, 1.807) is 0 Å². The molecule has 1 aromatic heterocycles. The summed E-state index contributed by atoms with van der Waals surface area (Å²) in [5.41, 5.74) is -2.40. The van der Waals surface area contributed by atoms with Crippen LogP contribution in [0.25, 0.3) is 0 Å². The van der Waals surface area contributed by atoms with E-state index < -0.39 is 61.7 Å². The second-order valence-electron chi connectivity index (χ2n) is 9.48. The zero-order valence-corrected chi connectivity index (χ0v) is 22.0. The van der Waals surface area contributed by atoms with Crippen LogP contribution < -0.4 is 5.32 Å².